The van der Waals surface area contributed by atoms with E-state index >= 15 is 0 Å². The lowest BCUT2D eigenvalue weighted by Gasteiger charge is -2.26. The van der Waals surface area contributed by atoms with Crippen molar-refractivity contribution in [3.05, 3.63) is 198 Å². The highest BCUT2D eigenvalue weighted by Crippen LogP contribution is 2.43. The third kappa shape index (κ3) is 7.34. The lowest BCUT2D eigenvalue weighted by atomic mass is 9.86. The Hall–Kier alpha value is -6.90. The standard InChI is InChI=1S/C60H50O2/c1-4-40-10-15-45-18-20-49(33-52(45)30-40)60-57-36-50(21-19-48(57)24-27-58(60)61-37-41-6-5-7-41)59-39(3)9-14-47-17-12-43(32-56(47)59)29-42-11-16-46-23-26-55(35-53(46)31-42)62-54-25-22-44-13-8-38(2)28-51(44)34-54/h8-28,30-36,41H,4-7,29,37H2,1-3H3. The molecule has 0 N–H and O–H groups in total. The van der Waals surface area contributed by atoms with Crippen LogP contribution in [-0.2, 0) is 12.8 Å². The van der Waals surface area contributed by atoms with Crippen LogP contribution in [0, 0.1) is 19.8 Å². The van der Waals surface area contributed by atoms with Crippen molar-refractivity contribution in [2.45, 2.75) is 52.9 Å². The maximum atomic E-state index is 6.74. The summed E-state index contributed by atoms with van der Waals surface area (Å²) in [6.07, 6.45) is 5.68. The maximum Gasteiger partial charge on any atom is 0.128 e. The van der Waals surface area contributed by atoms with Gasteiger partial charge in [-0.05, 0) is 181 Å². The highest BCUT2D eigenvalue weighted by Gasteiger charge is 2.21. The number of aryl methyl sites for hydroxylation is 3. The Bertz CT molecular complexity index is 3350. The zero-order valence-electron chi connectivity index (χ0n) is 35.8. The monoisotopic (exact) mass is 802 g/mol. The Morgan fingerprint density at radius 2 is 1.00 bits per heavy atom. The van der Waals surface area contributed by atoms with Gasteiger partial charge in [-0.15, -0.1) is 0 Å². The van der Waals surface area contributed by atoms with Crippen molar-refractivity contribution in [2.75, 3.05) is 6.61 Å². The van der Waals surface area contributed by atoms with E-state index in [1.807, 2.05) is 0 Å². The van der Waals surface area contributed by atoms with Gasteiger partial charge in [-0.3, -0.25) is 0 Å². The van der Waals surface area contributed by atoms with E-state index in [0.29, 0.717) is 5.92 Å². The molecule has 1 fully saturated rings. The van der Waals surface area contributed by atoms with Crippen molar-refractivity contribution in [3.63, 3.8) is 0 Å². The third-order valence-corrected chi connectivity index (χ3v) is 13.4. The van der Waals surface area contributed by atoms with Gasteiger partial charge < -0.3 is 9.47 Å². The summed E-state index contributed by atoms with van der Waals surface area (Å²) in [7, 11) is 0. The molecule has 1 aliphatic carbocycles. The second-order valence-corrected chi connectivity index (χ2v) is 17.7. The Morgan fingerprint density at radius 3 is 1.73 bits per heavy atom. The average Bonchev–Trinajstić information content (AvgIpc) is 3.27. The van der Waals surface area contributed by atoms with E-state index in [0.717, 1.165) is 36.7 Å². The van der Waals surface area contributed by atoms with Crippen molar-refractivity contribution in [1.29, 1.82) is 0 Å². The topological polar surface area (TPSA) is 18.5 Å². The van der Waals surface area contributed by atoms with E-state index in [9.17, 15) is 0 Å². The maximum absolute atomic E-state index is 6.74. The van der Waals surface area contributed by atoms with Gasteiger partial charge in [-0.1, -0.05) is 146 Å². The van der Waals surface area contributed by atoms with Gasteiger partial charge in [-0.25, -0.2) is 0 Å². The molecule has 2 nitrogen and oxygen atoms in total. The summed E-state index contributed by atoms with van der Waals surface area (Å²) in [6, 6.07) is 62.9. The first-order chi connectivity index (χ1) is 30.4. The molecule has 1 aliphatic rings. The third-order valence-electron chi connectivity index (χ3n) is 13.4. The van der Waals surface area contributed by atoms with Gasteiger partial charge in [0, 0.05) is 5.56 Å². The summed E-state index contributed by atoms with van der Waals surface area (Å²) in [4.78, 5) is 0. The number of rotatable bonds is 10. The Labute approximate surface area is 364 Å². The Kier molecular flexibility index (Phi) is 9.73. The van der Waals surface area contributed by atoms with E-state index in [4.69, 9.17) is 9.47 Å². The highest BCUT2D eigenvalue weighted by molar-refractivity contribution is 6.06. The first-order valence-electron chi connectivity index (χ1n) is 22.4. The number of benzene rings is 10. The predicted molar refractivity (Wildman–Crippen MR) is 262 cm³/mol. The molecule has 0 amide bonds. The van der Waals surface area contributed by atoms with Gasteiger partial charge in [0.1, 0.15) is 17.2 Å². The molecule has 0 aliphatic heterocycles. The minimum absolute atomic E-state index is 0.646. The van der Waals surface area contributed by atoms with E-state index in [1.54, 1.807) is 0 Å². The van der Waals surface area contributed by atoms with Crippen LogP contribution in [0.1, 0.15) is 54.0 Å². The normalized spacial score (nSPS) is 13.0. The zero-order valence-corrected chi connectivity index (χ0v) is 35.8. The predicted octanol–water partition coefficient (Wildman–Crippen LogP) is 16.5. The molecule has 0 atom stereocenters. The molecule has 1 saturated carbocycles. The van der Waals surface area contributed by atoms with Crippen LogP contribution in [0.15, 0.2) is 170 Å². The van der Waals surface area contributed by atoms with E-state index in [-0.39, 0.29) is 0 Å². The SMILES string of the molecule is CCc1ccc2ccc(-c3c(OCC4CCC4)ccc4ccc(-c5c(C)ccc6ccc(Cc7ccc8ccc(Oc9ccc%10ccc(C)cc%10c9)cc8c7)cc56)cc34)cc2c1. The highest BCUT2D eigenvalue weighted by atomic mass is 16.5. The fourth-order valence-corrected chi connectivity index (χ4v) is 9.61. The summed E-state index contributed by atoms with van der Waals surface area (Å²) >= 11 is 0. The van der Waals surface area contributed by atoms with Crippen molar-refractivity contribution < 1.29 is 9.47 Å². The molecule has 0 bridgehead atoms. The van der Waals surface area contributed by atoms with Crippen molar-refractivity contribution in [1.82, 2.24) is 0 Å². The molecule has 0 spiro atoms. The second kappa shape index (κ2) is 15.9. The van der Waals surface area contributed by atoms with E-state index in [2.05, 4.69) is 191 Å². The van der Waals surface area contributed by atoms with Gasteiger partial charge in [-0.2, -0.15) is 0 Å². The molecule has 0 radical (unpaired) electrons. The van der Waals surface area contributed by atoms with Crippen molar-refractivity contribution in [2.24, 2.45) is 5.92 Å². The molecule has 62 heavy (non-hydrogen) atoms. The molecule has 10 aromatic carbocycles. The number of ether oxygens (including phenoxy) is 2. The molecule has 0 saturated heterocycles. The molecule has 0 aromatic heterocycles. The minimum Gasteiger partial charge on any atom is -0.493 e. The number of hydrogen-bond donors (Lipinski definition) is 0. The summed E-state index contributed by atoms with van der Waals surface area (Å²) in [6.45, 7) is 7.38. The van der Waals surface area contributed by atoms with Crippen LogP contribution in [0.25, 0.3) is 76.1 Å². The van der Waals surface area contributed by atoms with Crippen LogP contribution in [0.5, 0.6) is 17.2 Å². The van der Waals surface area contributed by atoms with Crippen LogP contribution in [0.3, 0.4) is 0 Å². The van der Waals surface area contributed by atoms with Crippen LogP contribution in [0.4, 0.5) is 0 Å². The fourth-order valence-electron chi connectivity index (χ4n) is 9.61. The number of hydrogen-bond acceptors (Lipinski definition) is 2. The average molecular weight is 803 g/mol. The van der Waals surface area contributed by atoms with Crippen molar-refractivity contribution >= 4 is 53.9 Å². The van der Waals surface area contributed by atoms with Gasteiger partial charge >= 0.3 is 0 Å². The molecule has 11 rings (SSSR count). The lowest BCUT2D eigenvalue weighted by Crippen LogP contribution is -2.19. The van der Waals surface area contributed by atoms with Gasteiger partial charge in [0.15, 0.2) is 0 Å². The largest absolute Gasteiger partial charge is 0.493 e. The van der Waals surface area contributed by atoms with Crippen LogP contribution < -0.4 is 9.47 Å². The molecule has 302 valence electrons. The van der Waals surface area contributed by atoms with Crippen LogP contribution in [0.2, 0.25) is 0 Å². The molecule has 0 unspecified atom stereocenters. The van der Waals surface area contributed by atoms with E-state index in [1.165, 1.54) is 123 Å². The van der Waals surface area contributed by atoms with Crippen molar-refractivity contribution in [3.8, 4) is 39.5 Å². The summed E-state index contributed by atoms with van der Waals surface area (Å²) in [5.74, 6) is 3.31. The molecular formula is C60H50O2. The molecule has 2 heteroatoms. The Morgan fingerprint density at radius 1 is 0.452 bits per heavy atom. The van der Waals surface area contributed by atoms with Gasteiger partial charge in [0.25, 0.3) is 0 Å². The summed E-state index contributed by atoms with van der Waals surface area (Å²) in [5.41, 5.74) is 11.3. The smallest absolute Gasteiger partial charge is 0.128 e. The summed E-state index contributed by atoms with van der Waals surface area (Å²) < 4.78 is 13.2. The summed E-state index contributed by atoms with van der Waals surface area (Å²) in [5, 5.41) is 12.3. The molecule has 0 heterocycles. The lowest BCUT2D eigenvalue weighted by molar-refractivity contribution is 0.181. The molecular weight excluding hydrogens is 753 g/mol. The van der Waals surface area contributed by atoms with Crippen LogP contribution >= 0.6 is 0 Å². The fraction of sp³-hybridized carbons (Fsp3) is 0.167. The van der Waals surface area contributed by atoms with Gasteiger partial charge in [0.05, 0.1) is 6.61 Å². The minimum atomic E-state index is 0.646. The molecule has 10 aromatic rings. The Balaban J connectivity index is 0.952. The first kappa shape index (κ1) is 38.1. The second-order valence-electron chi connectivity index (χ2n) is 17.7. The van der Waals surface area contributed by atoms with Gasteiger partial charge in [0.2, 0.25) is 0 Å². The van der Waals surface area contributed by atoms with Crippen LogP contribution in [-0.4, -0.2) is 6.61 Å². The zero-order chi connectivity index (χ0) is 41.7. The first-order valence-corrected chi connectivity index (χ1v) is 22.4. The quantitative estimate of drug-likeness (QED) is 0.137. The number of fused-ring (bicyclic) bond motifs is 5. The van der Waals surface area contributed by atoms with E-state index < -0.39 is 0 Å².